The van der Waals surface area contributed by atoms with Gasteiger partial charge in [0.15, 0.2) is 0 Å². The summed E-state index contributed by atoms with van der Waals surface area (Å²) in [6, 6.07) is 4.36. The second kappa shape index (κ2) is 5.93. The molecular weight excluding hydrogens is 287 g/mol. The third-order valence-electron chi connectivity index (χ3n) is 3.33. The van der Waals surface area contributed by atoms with Crippen LogP contribution in [-0.4, -0.2) is 41.8 Å². The largest absolute Gasteiger partial charge is 0.496 e. The monoisotopic (exact) mass is 303 g/mol. The van der Waals surface area contributed by atoms with Crippen molar-refractivity contribution in [2.24, 2.45) is 0 Å². The van der Waals surface area contributed by atoms with Crippen LogP contribution in [0.5, 0.6) is 5.75 Å². The highest BCUT2D eigenvalue weighted by Gasteiger charge is 2.37. The van der Waals surface area contributed by atoms with Crippen molar-refractivity contribution in [2.75, 3.05) is 13.7 Å². The minimum atomic E-state index is -4.26. The molecule has 0 saturated heterocycles. The van der Waals surface area contributed by atoms with Crippen molar-refractivity contribution in [1.82, 2.24) is 4.90 Å². The summed E-state index contributed by atoms with van der Waals surface area (Å²) in [5, 5.41) is 9.09. The van der Waals surface area contributed by atoms with Crippen LogP contribution in [0.2, 0.25) is 0 Å². The molecule has 21 heavy (non-hydrogen) atoms. The van der Waals surface area contributed by atoms with Gasteiger partial charge in [0, 0.05) is 12.6 Å². The number of aromatic carboxylic acids is 1. The second-order valence-electron chi connectivity index (χ2n) is 5.09. The van der Waals surface area contributed by atoms with Gasteiger partial charge in [0.25, 0.3) is 0 Å². The molecule has 1 aliphatic carbocycles. The zero-order valence-electron chi connectivity index (χ0n) is 11.5. The summed E-state index contributed by atoms with van der Waals surface area (Å²) in [6.07, 6.45) is -2.76. The fourth-order valence-electron chi connectivity index (χ4n) is 2.24. The molecule has 0 atom stereocenters. The molecule has 116 valence electrons. The van der Waals surface area contributed by atoms with Gasteiger partial charge in [-0.3, -0.25) is 4.90 Å². The van der Waals surface area contributed by atoms with Gasteiger partial charge in [0.1, 0.15) is 11.3 Å². The quantitative estimate of drug-likeness (QED) is 0.878. The lowest BCUT2D eigenvalue weighted by Crippen LogP contribution is -2.35. The predicted octanol–water partition coefficient (Wildman–Crippen LogP) is 2.92. The van der Waals surface area contributed by atoms with E-state index in [2.05, 4.69) is 0 Å². The van der Waals surface area contributed by atoms with Crippen LogP contribution in [0.4, 0.5) is 13.2 Å². The molecule has 1 saturated carbocycles. The first-order chi connectivity index (χ1) is 9.80. The van der Waals surface area contributed by atoms with Crippen molar-refractivity contribution < 1.29 is 27.8 Å². The Hall–Kier alpha value is -1.76. The Morgan fingerprint density at radius 1 is 1.43 bits per heavy atom. The second-order valence-corrected chi connectivity index (χ2v) is 5.09. The van der Waals surface area contributed by atoms with Crippen molar-refractivity contribution >= 4 is 5.97 Å². The van der Waals surface area contributed by atoms with Crippen LogP contribution in [-0.2, 0) is 6.54 Å². The highest BCUT2D eigenvalue weighted by molar-refractivity contribution is 5.91. The average molecular weight is 303 g/mol. The first-order valence-electron chi connectivity index (χ1n) is 6.51. The molecule has 1 aliphatic rings. The smallest absolute Gasteiger partial charge is 0.401 e. The number of rotatable bonds is 6. The van der Waals surface area contributed by atoms with E-state index in [1.165, 1.54) is 24.1 Å². The molecule has 7 heteroatoms. The van der Waals surface area contributed by atoms with Crippen molar-refractivity contribution in [3.8, 4) is 5.75 Å². The number of hydrogen-bond donors (Lipinski definition) is 1. The van der Waals surface area contributed by atoms with E-state index in [0.29, 0.717) is 5.56 Å². The van der Waals surface area contributed by atoms with Crippen LogP contribution in [0.1, 0.15) is 28.8 Å². The molecule has 0 amide bonds. The number of nitrogens with zero attached hydrogens (tertiary/aromatic N) is 1. The maximum Gasteiger partial charge on any atom is 0.401 e. The summed E-state index contributed by atoms with van der Waals surface area (Å²) >= 11 is 0. The Morgan fingerprint density at radius 3 is 2.57 bits per heavy atom. The van der Waals surface area contributed by atoms with Crippen LogP contribution in [0.15, 0.2) is 18.2 Å². The number of methoxy groups -OCH3 is 1. The van der Waals surface area contributed by atoms with Gasteiger partial charge in [-0.25, -0.2) is 4.79 Å². The van der Waals surface area contributed by atoms with E-state index in [1.54, 1.807) is 6.07 Å². The van der Waals surface area contributed by atoms with Gasteiger partial charge < -0.3 is 9.84 Å². The van der Waals surface area contributed by atoms with Gasteiger partial charge in [0.05, 0.1) is 13.7 Å². The Labute approximate surface area is 120 Å². The fourth-order valence-corrected chi connectivity index (χ4v) is 2.24. The minimum Gasteiger partial charge on any atom is -0.496 e. The molecule has 0 spiro atoms. The normalized spacial score (nSPS) is 15.3. The maximum atomic E-state index is 12.6. The van der Waals surface area contributed by atoms with Gasteiger partial charge in [0.2, 0.25) is 0 Å². The Balaban J connectivity index is 2.17. The molecule has 0 bridgehead atoms. The Kier molecular flexibility index (Phi) is 4.41. The first-order valence-corrected chi connectivity index (χ1v) is 6.51. The average Bonchev–Trinajstić information content (AvgIpc) is 3.20. The van der Waals surface area contributed by atoms with E-state index >= 15 is 0 Å². The SMILES string of the molecule is COc1ccc(CN(CC(F)(F)F)C2CC2)cc1C(=O)O. The van der Waals surface area contributed by atoms with Crippen LogP contribution in [0, 0.1) is 0 Å². The van der Waals surface area contributed by atoms with Gasteiger partial charge in [-0.1, -0.05) is 6.07 Å². The number of carbonyl (C=O) groups is 1. The molecule has 1 N–H and O–H groups in total. The number of alkyl halides is 3. The van der Waals surface area contributed by atoms with Crippen molar-refractivity contribution in [2.45, 2.75) is 31.6 Å². The molecule has 2 rings (SSSR count). The third-order valence-corrected chi connectivity index (χ3v) is 3.33. The first kappa shape index (κ1) is 15.6. The predicted molar refractivity (Wildman–Crippen MR) is 69.4 cm³/mol. The van der Waals surface area contributed by atoms with E-state index in [-0.39, 0.29) is 23.9 Å². The summed E-state index contributed by atoms with van der Waals surface area (Å²) in [4.78, 5) is 12.5. The maximum absolute atomic E-state index is 12.6. The standard InChI is InChI=1S/C14H16F3NO3/c1-21-12-5-2-9(6-11(12)13(19)20)7-18(10-3-4-10)8-14(15,16)17/h2,5-6,10H,3-4,7-8H2,1H3,(H,19,20). The van der Waals surface area contributed by atoms with E-state index in [0.717, 1.165) is 12.8 Å². The fraction of sp³-hybridized carbons (Fsp3) is 0.500. The Morgan fingerprint density at radius 2 is 2.10 bits per heavy atom. The summed E-state index contributed by atoms with van der Waals surface area (Å²) in [6.45, 7) is -0.902. The molecule has 0 unspecified atom stereocenters. The third kappa shape index (κ3) is 4.35. The number of carboxylic acids is 1. The van der Waals surface area contributed by atoms with E-state index in [4.69, 9.17) is 9.84 Å². The van der Waals surface area contributed by atoms with E-state index in [9.17, 15) is 18.0 Å². The lowest BCUT2D eigenvalue weighted by Gasteiger charge is -2.23. The molecule has 0 heterocycles. The van der Waals surface area contributed by atoms with E-state index in [1.807, 2.05) is 0 Å². The lowest BCUT2D eigenvalue weighted by atomic mass is 10.1. The minimum absolute atomic E-state index is 0.0437. The zero-order valence-corrected chi connectivity index (χ0v) is 11.5. The van der Waals surface area contributed by atoms with Crippen molar-refractivity contribution in [3.63, 3.8) is 0 Å². The number of ether oxygens (including phenoxy) is 1. The van der Waals surface area contributed by atoms with Crippen LogP contribution in [0.25, 0.3) is 0 Å². The van der Waals surface area contributed by atoms with Gasteiger partial charge >= 0.3 is 12.1 Å². The molecule has 0 aromatic heterocycles. The number of hydrogen-bond acceptors (Lipinski definition) is 3. The van der Waals surface area contributed by atoms with Crippen LogP contribution >= 0.6 is 0 Å². The van der Waals surface area contributed by atoms with Gasteiger partial charge in [-0.15, -0.1) is 0 Å². The molecule has 1 aromatic rings. The Bertz CT molecular complexity index is 527. The van der Waals surface area contributed by atoms with Crippen LogP contribution in [0.3, 0.4) is 0 Å². The lowest BCUT2D eigenvalue weighted by molar-refractivity contribution is -0.148. The number of carboxylic acid groups (broad SMARTS) is 1. The molecule has 0 radical (unpaired) electrons. The summed E-state index contributed by atoms with van der Waals surface area (Å²) in [7, 11) is 1.35. The van der Waals surface area contributed by atoms with E-state index < -0.39 is 18.7 Å². The molecule has 4 nitrogen and oxygen atoms in total. The molecule has 0 aliphatic heterocycles. The van der Waals surface area contributed by atoms with Gasteiger partial charge in [-0.2, -0.15) is 13.2 Å². The highest BCUT2D eigenvalue weighted by Crippen LogP contribution is 2.32. The van der Waals surface area contributed by atoms with Crippen molar-refractivity contribution in [3.05, 3.63) is 29.3 Å². The molecule has 1 fully saturated rings. The molecular formula is C14H16F3NO3. The van der Waals surface area contributed by atoms with Crippen LogP contribution < -0.4 is 4.74 Å². The summed E-state index contributed by atoms with van der Waals surface area (Å²) in [5.74, 6) is -0.970. The highest BCUT2D eigenvalue weighted by atomic mass is 19.4. The topological polar surface area (TPSA) is 49.8 Å². The number of halogens is 3. The molecule has 1 aromatic carbocycles. The zero-order chi connectivity index (χ0) is 15.6. The summed E-state index contributed by atoms with van der Waals surface area (Å²) in [5.41, 5.74) is 0.488. The van der Waals surface area contributed by atoms with Crippen molar-refractivity contribution in [1.29, 1.82) is 0 Å². The number of benzene rings is 1. The van der Waals surface area contributed by atoms with Gasteiger partial charge in [-0.05, 0) is 30.5 Å². The summed E-state index contributed by atoms with van der Waals surface area (Å²) < 4.78 is 42.6.